The Morgan fingerprint density at radius 3 is 2.15 bits per heavy atom. The van der Waals surface area contributed by atoms with Gasteiger partial charge >= 0.3 is 5.97 Å². The van der Waals surface area contributed by atoms with E-state index in [1.165, 1.54) is 6.92 Å². The number of nitro groups is 2. The maximum Gasteiger partial charge on any atom is 0.341 e. The number of carbonyl (C=O) groups excluding carboxylic acids is 3. The molecule has 1 aromatic carbocycles. The van der Waals surface area contributed by atoms with Crippen molar-refractivity contribution >= 4 is 45.5 Å². The van der Waals surface area contributed by atoms with Gasteiger partial charge in [0.1, 0.15) is 5.00 Å². The molecule has 0 fully saturated rings. The van der Waals surface area contributed by atoms with Crippen LogP contribution in [-0.4, -0.2) is 40.8 Å². The van der Waals surface area contributed by atoms with Crippen LogP contribution in [0.15, 0.2) is 18.2 Å². The minimum Gasteiger partial charge on any atom is -0.462 e. The van der Waals surface area contributed by atoms with Crippen LogP contribution in [0.1, 0.15) is 62.6 Å². The van der Waals surface area contributed by atoms with Gasteiger partial charge < -0.3 is 15.4 Å². The monoisotopic (exact) mass is 478 g/mol. The van der Waals surface area contributed by atoms with Gasteiger partial charge in [-0.2, -0.15) is 0 Å². The first kappa shape index (κ1) is 25.4. The number of carbonyl (C=O) groups is 3. The highest BCUT2D eigenvalue weighted by Gasteiger charge is 2.28. The number of esters is 1. The molecule has 1 aromatic heterocycles. The van der Waals surface area contributed by atoms with Crippen molar-refractivity contribution in [3.05, 3.63) is 60.0 Å². The van der Waals surface area contributed by atoms with E-state index in [1.54, 1.807) is 6.92 Å². The van der Waals surface area contributed by atoms with Gasteiger partial charge in [0.25, 0.3) is 23.2 Å². The molecule has 0 saturated heterocycles. The molecule has 0 atom stereocenters. The van der Waals surface area contributed by atoms with Gasteiger partial charge in [-0.05, 0) is 25.8 Å². The Balaban J connectivity index is 2.47. The van der Waals surface area contributed by atoms with Crippen LogP contribution in [0.5, 0.6) is 0 Å². The van der Waals surface area contributed by atoms with Crippen molar-refractivity contribution in [3.63, 3.8) is 0 Å². The van der Waals surface area contributed by atoms with Crippen molar-refractivity contribution in [2.45, 2.75) is 33.6 Å². The van der Waals surface area contributed by atoms with Crippen LogP contribution in [0, 0.1) is 27.2 Å². The summed E-state index contributed by atoms with van der Waals surface area (Å²) in [5, 5.41) is 27.4. The first-order valence-electron chi connectivity index (χ1n) is 9.94. The Bertz CT molecular complexity index is 1080. The third-order valence-corrected chi connectivity index (χ3v) is 5.67. The Kier molecular flexibility index (Phi) is 8.56. The number of rotatable bonds is 10. The highest BCUT2D eigenvalue weighted by atomic mass is 32.1. The lowest BCUT2D eigenvalue weighted by Crippen LogP contribution is -2.24. The zero-order valence-corrected chi connectivity index (χ0v) is 18.9. The topological polar surface area (TPSA) is 171 Å². The van der Waals surface area contributed by atoms with Gasteiger partial charge in [0.05, 0.1) is 38.5 Å². The molecule has 13 heteroatoms. The fraction of sp³-hybridized carbons (Fsp3) is 0.350. The number of non-ortho nitro benzene ring substituents is 2. The number of thiophene rings is 1. The molecule has 0 spiro atoms. The molecule has 0 unspecified atom stereocenters. The minimum atomic E-state index is -0.925. The number of hydrogen-bond donors (Lipinski definition) is 2. The molecule has 176 valence electrons. The van der Waals surface area contributed by atoms with Crippen LogP contribution < -0.4 is 10.6 Å². The van der Waals surface area contributed by atoms with Gasteiger partial charge in [0, 0.05) is 18.7 Å². The molecule has 0 aliphatic carbocycles. The van der Waals surface area contributed by atoms with Gasteiger partial charge in [-0.3, -0.25) is 29.8 Å². The summed E-state index contributed by atoms with van der Waals surface area (Å²) in [6.07, 6.45) is 1.63. The number of unbranched alkanes of at least 4 members (excludes halogenated alkanes) is 1. The first-order valence-corrected chi connectivity index (χ1v) is 10.8. The fourth-order valence-corrected chi connectivity index (χ4v) is 3.94. The number of benzene rings is 1. The molecule has 12 nitrogen and oxygen atoms in total. The predicted octanol–water partition coefficient (Wildman–Crippen LogP) is 3.83. The van der Waals surface area contributed by atoms with Gasteiger partial charge in [-0.25, -0.2) is 4.79 Å². The second-order valence-electron chi connectivity index (χ2n) is 6.80. The molecule has 2 aromatic rings. The average molecular weight is 478 g/mol. The van der Waals surface area contributed by atoms with Crippen LogP contribution in [0.3, 0.4) is 0 Å². The summed E-state index contributed by atoms with van der Waals surface area (Å²) < 4.78 is 5.04. The van der Waals surface area contributed by atoms with Crippen LogP contribution in [0.2, 0.25) is 0 Å². The Labute approximate surface area is 192 Å². The van der Waals surface area contributed by atoms with E-state index < -0.39 is 39.0 Å². The third-order valence-electron chi connectivity index (χ3n) is 4.46. The van der Waals surface area contributed by atoms with E-state index in [-0.39, 0.29) is 27.6 Å². The number of amides is 2. The third kappa shape index (κ3) is 6.10. The van der Waals surface area contributed by atoms with Gasteiger partial charge in [-0.1, -0.05) is 13.3 Å². The molecule has 0 radical (unpaired) electrons. The molecule has 0 bridgehead atoms. The largest absolute Gasteiger partial charge is 0.462 e. The Morgan fingerprint density at radius 2 is 1.64 bits per heavy atom. The highest BCUT2D eigenvalue weighted by Crippen LogP contribution is 2.34. The first-order chi connectivity index (χ1) is 15.6. The SMILES string of the molecule is CCCCNC(=O)c1sc(NC(=O)c2cc([N+](=O)[O-])cc([N+](=O)[O-])c2)c(C(=O)OCC)c1C. The highest BCUT2D eigenvalue weighted by molar-refractivity contribution is 7.18. The Hall–Kier alpha value is -3.87. The van der Waals surface area contributed by atoms with Crippen LogP contribution in [0.4, 0.5) is 16.4 Å². The molecule has 2 rings (SSSR count). The number of anilines is 1. The van der Waals surface area contributed by atoms with Crippen molar-refractivity contribution in [3.8, 4) is 0 Å². The zero-order valence-electron chi connectivity index (χ0n) is 18.1. The van der Waals surface area contributed by atoms with E-state index in [9.17, 15) is 34.6 Å². The smallest absolute Gasteiger partial charge is 0.341 e. The van der Waals surface area contributed by atoms with Crippen molar-refractivity contribution in [1.29, 1.82) is 0 Å². The molecule has 0 aliphatic heterocycles. The molecule has 2 N–H and O–H groups in total. The Morgan fingerprint density at radius 1 is 1.03 bits per heavy atom. The van der Waals surface area contributed by atoms with E-state index >= 15 is 0 Å². The van der Waals surface area contributed by atoms with Crippen LogP contribution in [0.25, 0.3) is 0 Å². The normalized spacial score (nSPS) is 10.4. The van der Waals surface area contributed by atoms with E-state index in [2.05, 4.69) is 10.6 Å². The van der Waals surface area contributed by atoms with Crippen LogP contribution >= 0.6 is 11.3 Å². The van der Waals surface area contributed by atoms with Crippen molar-refractivity contribution in [2.75, 3.05) is 18.5 Å². The number of hydrogen-bond acceptors (Lipinski definition) is 9. The molecule has 0 aliphatic rings. The summed E-state index contributed by atoms with van der Waals surface area (Å²) in [4.78, 5) is 58.5. The van der Waals surface area contributed by atoms with Crippen LogP contribution in [-0.2, 0) is 4.74 Å². The second kappa shape index (κ2) is 11.1. The summed E-state index contributed by atoms with van der Waals surface area (Å²) in [5.41, 5.74) is -1.37. The van der Waals surface area contributed by atoms with Crippen molar-refractivity contribution in [2.24, 2.45) is 0 Å². The quantitative estimate of drug-likeness (QED) is 0.224. The molecule has 0 saturated carbocycles. The van der Waals surface area contributed by atoms with E-state index in [0.29, 0.717) is 12.1 Å². The molecule has 1 heterocycles. The minimum absolute atomic E-state index is 0.00856. The van der Waals surface area contributed by atoms with E-state index in [4.69, 9.17) is 4.74 Å². The summed E-state index contributed by atoms with van der Waals surface area (Å²) in [6.45, 7) is 5.58. The van der Waals surface area contributed by atoms with Gasteiger partial charge in [0.2, 0.25) is 0 Å². The fourth-order valence-electron chi connectivity index (χ4n) is 2.84. The van der Waals surface area contributed by atoms with Gasteiger partial charge in [-0.15, -0.1) is 11.3 Å². The predicted molar refractivity (Wildman–Crippen MR) is 120 cm³/mol. The molecular weight excluding hydrogens is 456 g/mol. The summed E-state index contributed by atoms with van der Waals surface area (Å²) in [6, 6.07) is 2.49. The summed E-state index contributed by atoms with van der Waals surface area (Å²) >= 11 is 0.838. The number of nitrogens with zero attached hydrogens (tertiary/aromatic N) is 2. The molecule has 33 heavy (non-hydrogen) atoms. The van der Waals surface area contributed by atoms with E-state index in [0.717, 1.165) is 42.4 Å². The lowest BCUT2D eigenvalue weighted by Gasteiger charge is -2.07. The molecular formula is C20H22N4O8S. The maximum atomic E-state index is 12.8. The number of nitro benzene ring substituents is 2. The van der Waals surface area contributed by atoms with Crippen molar-refractivity contribution < 1.29 is 29.0 Å². The lowest BCUT2D eigenvalue weighted by atomic mass is 10.1. The second-order valence-corrected chi connectivity index (χ2v) is 7.82. The summed E-state index contributed by atoms with van der Waals surface area (Å²) in [7, 11) is 0. The number of nitrogens with one attached hydrogen (secondary N) is 2. The standard InChI is InChI=1S/C20H22N4O8S/c1-4-6-7-21-18(26)16-11(3)15(20(27)32-5-2)19(33-16)22-17(25)12-8-13(23(28)29)10-14(9-12)24(30)31/h8-10H,4-7H2,1-3H3,(H,21,26)(H,22,25). The zero-order chi connectivity index (χ0) is 24.7. The number of ether oxygens (including phenoxy) is 1. The average Bonchev–Trinajstić information content (AvgIpc) is 3.09. The molecule has 2 amide bonds. The lowest BCUT2D eigenvalue weighted by molar-refractivity contribution is -0.394. The van der Waals surface area contributed by atoms with Crippen molar-refractivity contribution in [1.82, 2.24) is 5.32 Å². The van der Waals surface area contributed by atoms with Gasteiger partial charge in [0.15, 0.2) is 0 Å². The van der Waals surface area contributed by atoms with E-state index in [1.807, 2.05) is 6.92 Å². The summed E-state index contributed by atoms with van der Waals surface area (Å²) in [5.74, 6) is -2.12. The maximum absolute atomic E-state index is 12.8.